The minimum absolute atomic E-state index is 0.0638. The van der Waals surface area contributed by atoms with Gasteiger partial charge < -0.3 is 10.6 Å². The maximum Gasteiger partial charge on any atom is 0.226 e. The van der Waals surface area contributed by atoms with Crippen LogP contribution in [0.4, 0.5) is 8.78 Å². The van der Waals surface area contributed by atoms with E-state index in [4.69, 9.17) is 5.73 Å². The van der Waals surface area contributed by atoms with Crippen molar-refractivity contribution in [2.24, 2.45) is 5.73 Å². The zero-order valence-corrected chi connectivity index (χ0v) is 9.04. The van der Waals surface area contributed by atoms with Crippen molar-refractivity contribution in [1.29, 1.82) is 0 Å². The van der Waals surface area contributed by atoms with Crippen molar-refractivity contribution in [3.05, 3.63) is 35.4 Å². The van der Waals surface area contributed by atoms with Crippen LogP contribution in [-0.2, 0) is 11.2 Å². The van der Waals surface area contributed by atoms with E-state index in [1.807, 2.05) is 0 Å². The first-order chi connectivity index (χ1) is 7.56. The van der Waals surface area contributed by atoms with Crippen LogP contribution in [-0.4, -0.2) is 30.9 Å². The molecule has 0 saturated carbocycles. The summed E-state index contributed by atoms with van der Waals surface area (Å²) in [6, 6.07) is 3.80. The second-order valence-electron chi connectivity index (χ2n) is 3.49. The largest absolute Gasteiger partial charge is 0.344 e. The van der Waals surface area contributed by atoms with Crippen molar-refractivity contribution < 1.29 is 13.6 Å². The van der Waals surface area contributed by atoms with Gasteiger partial charge in [-0.3, -0.25) is 4.79 Å². The molecule has 0 radical (unpaired) electrons. The highest BCUT2D eigenvalue weighted by Crippen LogP contribution is 2.12. The van der Waals surface area contributed by atoms with Crippen molar-refractivity contribution in [2.75, 3.05) is 20.1 Å². The molecule has 16 heavy (non-hydrogen) atoms. The Hall–Kier alpha value is -1.49. The molecule has 88 valence electrons. The van der Waals surface area contributed by atoms with Crippen LogP contribution in [0.15, 0.2) is 18.2 Å². The third-order valence-corrected chi connectivity index (χ3v) is 2.26. The minimum atomic E-state index is -0.961. The Kier molecular flexibility index (Phi) is 4.37. The fourth-order valence-corrected chi connectivity index (χ4v) is 1.30. The quantitative estimate of drug-likeness (QED) is 0.833. The van der Waals surface area contributed by atoms with Gasteiger partial charge in [-0.2, -0.15) is 0 Å². The molecule has 1 aromatic rings. The second-order valence-corrected chi connectivity index (χ2v) is 3.49. The molecule has 0 spiro atoms. The van der Waals surface area contributed by atoms with Crippen LogP contribution < -0.4 is 5.73 Å². The predicted octanol–water partition coefficient (Wildman–Crippen LogP) is 0.924. The first-order valence-corrected chi connectivity index (χ1v) is 4.93. The molecular formula is C11H14F2N2O. The van der Waals surface area contributed by atoms with Crippen LogP contribution in [0, 0.1) is 11.6 Å². The summed E-state index contributed by atoms with van der Waals surface area (Å²) in [7, 11) is 1.58. The smallest absolute Gasteiger partial charge is 0.226 e. The maximum absolute atomic E-state index is 13.2. The lowest BCUT2D eigenvalue weighted by Gasteiger charge is -2.16. The van der Waals surface area contributed by atoms with Gasteiger partial charge in [0.2, 0.25) is 5.91 Å². The van der Waals surface area contributed by atoms with Crippen LogP contribution in [0.5, 0.6) is 0 Å². The normalized spacial score (nSPS) is 10.2. The summed E-state index contributed by atoms with van der Waals surface area (Å²) in [5.41, 5.74) is 5.35. The molecule has 0 aromatic heterocycles. The number of likely N-dealkylation sites (N-methyl/N-ethyl adjacent to an activating group) is 1. The Labute approximate surface area is 92.8 Å². The van der Waals surface area contributed by atoms with E-state index in [9.17, 15) is 13.6 Å². The highest BCUT2D eigenvalue weighted by atomic mass is 19.2. The number of nitrogens with zero attached hydrogens (tertiary/aromatic N) is 1. The third-order valence-electron chi connectivity index (χ3n) is 2.26. The van der Waals surface area contributed by atoms with E-state index in [0.717, 1.165) is 6.07 Å². The topological polar surface area (TPSA) is 46.3 Å². The number of carbonyl (C=O) groups excluding carboxylic acids is 1. The van der Waals surface area contributed by atoms with E-state index in [1.165, 1.54) is 17.0 Å². The minimum Gasteiger partial charge on any atom is -0.344 e. The molecule has 2 N–H and O–H groups in total. The average molecular weight is 228 g/mol. The summed E-state index contributed by atoms with van der Waals surface area (Å²) in [5.74, 6) is -2.18. The molecule has 1 amide bonds. The van der Waals surface area contributed by atoms with Gasteiger partial charge in [0, 0.05) is 25.7 Å². The number of nitrogens with two attached hydrogens (primary N) is 1. The van der Waals surface area contributed by atoms with E-state index in [0.29, 0.717) is 13.1 Å². The Morgan fingerprint density at radius 3 is 2.75 bits per heavy atom. The van der Waals surface area contributed by atoms with Gasteiger partial charge in [0.25, 0.3) is 0 Å². The van der Waals surface area contributed by atoms with E-state index in [2.05, 4.69) is 0 Å². The number of hydrogen-bond donors (Lipinski definition) is 1. The fourth-order valence-electron chi connectivity index (χ4n) is 1.30. The van der Waals surface area contributed by atoms with Crippen LogP contribution in [0.1, 0.15) is 5.56 Å². The molecule has 0 fully saturated rings. The summed E-state index contributed by atoms with van der Waals surface area (Å²) < 4.78 is 26.1. The lowest BCUT2D eigenvalue weighted by Crippen LogP contribution is -2.33. The number of carbonyl (C=O) groups is 1. The molecule has 0 atom stereocenters. The SMILES string of the molecule is CN(CCN)C(=O)Cc1cccc(F)c1F. The van der Waals surface area contributed by atoms with Crippen LogP contribution in [0.3, 0.4) is 0 Å². The molecule has 1 rings (SSSR count). The molecule has 5 heteroatoms. The Balaban J connectivity index is 2.73. The number of benzene rings is 1. The molecule has 3 nitrogen and oxygen atoms in total. The van der Waals surface area contributed by atoms with Gasteiger partial charge in [0.15, 0.2) is 11.6 Å². The van der Waals surface area contributed by atoms with Gasteiger partial charge in [0.1, 0.15) is 0 Å². The van der Waals surface area contributed by atoms with Gasteiger partial charge >= 0.3 is 0 Å². The lowest BCUT2D eigenvalue weighted by molar-refractivity contribution is -0.129. The number of halogens is 2. The molecule has 0 aliphatic rings. The van der Waals surface area contributed by atoms with Gasteiger partial charge in [0.05, 0.1) is 6.42 Å². The molecule has 0 saturated heterocycles. The Morgan fingerprint density at radius 2 is 2.12 bits per heavy atom. The monoisotopic (exact) mass is 228 g/mol. The van der Waals surface area contributed by atoms with Gasteiger partial charge in [-0.1, -0.05) is 12.1 Å². The predicted molar refractivity (Wildman–Crippen MR) is 56.8 cm³/mol. The molecule has 0 heterocycles. The molecule has 0 aliphatic carbocycles. The van der Waals surface area contributed by atoms with E-state index < -0.39 is 11.6 Å². The van der Waals surface area contributed by atoms with Crippen molar-refractivity contribution in [3.63, 3.8) is 0 Å². The zero-order chi connectivity index (χ0) is 12.1. The Morgan fingerprint density at radius 1 is 1.44 bits per heavy atom. The Bertz CT molecular complexity index is 382. The standard InChI is InChI=1S/C11H14F2N2O/c1-15(6-5-14)10(16)7-8-3-2-4-9(12)11(8)13/h2-4H,5-7,14H2,1H3. The third kappa shape index (κ3) is 3.00. The molecule has 0 unspecified atom stereocenters. The average Bonchev–Trinajstić information content (AvgIpc) is 2.25. The highest BCUT2D eigenvalue weighted by molar-refractivity contribution is 5.78. The van der Waals surface area contributed by atoms with Gasteiger partial charge in [-0.15, -0.1) is 0 Å². The fraction of sp³-hybridized carbons (Fsp3) is 0.364. The zero-order valence-electron chi connectivity index (χ0n) is 9.04. The molecule has 0 aliphatic heterocycles. The number of rotatable bonds is 4. The van der Waals surface area contributed by atoms with Crippen LogP contribution >= 0.6 is 0 Å². The molecular weight excluding hydrogens is 214 g/mol. The summed E-state index contributed by atoms with van der Waals surface area (Å²) in [6.07, 6.45) is -0.153. The summed E-state index contributed by atoms with van der Waals surface area (Å²) in [6.45, 7) is 0.740. The first-order valence-electron chi connectivity index (χ1n) is 4.93. The molecule has 1 aromatic carbocycles. The van der Waals surface area contributed by atoms with Crippen molar-refractivity contribution in [3.8, 4) is 0 Å². The summed E-state index contributed by atoms with van der Waals surface area (Å²) in [5, 5.41) is 0. The van der Waals surface area contributed by atoms with Crippen molar-refractivity contribution in [2.45, 2.75) is 6.42 Å². The van der Waals surface area contributed by atoms with Crippen LogP contribution in [0.2, 0.25) is 0 Å². The van der Waals surface area contributed by atoms with E-state index >= 15 is 0 Å². The van der Waals surface area contributed by atoms with Gasteiger partial charge in [-0.25, -0.2) is 8.78 Å². The van der Waals surface area contributed by atoms with Crippen molar-refractivity contribution in [1.82, 2.24) is 4.90 Å². The number of hydrogen-bond acceptors (Lipinski definition) is 2. The lowest BCUT2D eigenvalue weighted by atomic mass is 10.1. The maximum atomic E-state index is 13.2. The number of amides is 1. The van der Waals surface area contributed by atoms with E-state index in [-0.39, 0.29) is 17.9 Å². The molecule has 0 bridgehead atoms. The summed E-state index contributed by atoms with van der Waals surface area (Å²) >= 11 is 0. The van der Waals surface area contributed by atoms with E-state index in [1.54, 1.807) is 7.05 Å². The van der Waals surface area contributed by atoms with Gasteiger partial charge in [-0.05, 0) is 6.07 Å². The van der Waals surface area contributed by atoms with Crippen LogP contribution in [0.25, 0.3) is 0 Å². The van der Waals surface area contributed by atoms with Crippen molar-refractivity contribution >= 4 is 5.91 Å². The second kappa shape index (κ2) is 5.55. The highest BCUT2D eigenvalue weighted by Gasteiger charge is 2.14. The summed E-state index contributed by atoms with van der Waals surface area (Å²) in [4.78, 5) is 12.9. The first kappa shape index (κ1) is 12.6.